The maximum absolute atomic E-state index is 12.8. The third-order valence-electron chi connectivity index (χ3n) is 16.0. The molecule has 7 N–H and O–H groups in total. The van der Waals surface area contributed by atoms with Crippen molar-refractivity contribution in [3.63, 3.8) is 0 Å². The Labute approximate surface area is 333 Å². The number of rotatable bonds is 18. The molecule has 10 nitrogen and oxygen atoms in total. The van der Waals surface area contributed by atoms with E-state index >= 15 is 0 Å². The van der Waals surface area contributed by atoms with Crippen LogP contribution in [0.25, 0.3) is 0 Å². The minimum absolute atomic E-state index is 0.156. The summed E-state index contributed by atoms with van der Waals surface area (Å²) < 4.78 is 2.69. The second-order valence-electron chi connectivity index (χ2n) is 18.6. The van der Waals surface area contributed by atoms with Crippen molar-refractivity contribution in [3.05, 3.63) is 70.8 Å². The van der Waals surface area contributed by atoms with Crippen LogP contribution in [-0.2, 0) is 35.1 Å². The molecule has 6 aliphatic heterocycles. The molecule has 6 heterocycles. The topological polar surface area (TPSA) is 154 Å². The van der Waals surface area contributed by atoms with Gasteiger partial charge in [0.2, 0.25) is 0 Å². The average molecular weight is 882 g/mol. The van der Waals surface area contributed by atoms with Crippen molar-refractivity contribution in [2.45, 2.75) is 80.9 Å². The Balaban J connectivity index is 0.912. The fourth-order valence-corrected chi connectivity index (χ4v) is 29.9. The smallest absolute Gasteiger partial charge is 0.316 e. The van der Waals surface area contributed by atoms with Gasteiger partial charge in [-0.2, -0.15) is 0 Å². The number of aliphatic hydroxyl groups is 2. The summed E-state index contributed by atoms with van der Waals surface area (Å²) in [4.78, 5) is 27.8. The third-order valence-corrected chi connectivity index (χ3v) is 28.6. The number of hydrogen-bond acceptors (Lipinski definition) is 8. The first kappa shape index (κ1) is 37.4. The number of alkyl halides is 3. The van der Waals surface area contributed by atoms with E-state index in [1.807, 2.05) is 0 Å². The molecular formula is C43H58IN4O6Si. The van der Waals surface area contributed by atoms with E-state index in [1.54, 1.807) is 0 Å². The van der Waals surface area contributed by atoms with E-state index in [9.17, 15) is 30.0 Å². The standard InChI is InChI=1S/C43H58IN4O6Si/c49-38(50)32(29-7-10-45-18-29)15-25-3-1-4-26(13-25)21-48(22-27-5-2-6-28(14-27)23-55(41(53)54)31-9-12-47-20-31)24-43-34-16-35(43)42(37-36(34)44(37)40(42)43)17-33(39(51)52)30-8-11-46-19-30/h1-6,13-14,29-37,40-41,45-47,53-54H,7-12,15-24H2,(H,49,50)(H,51,52)/t29-,30-,31-,32-,33-,34?,35?,36?,37?,40?,42-,43?/m0/s1. The number of halogens is 1. The minimum Gasteiger partial charge on any atom is -0.316 e. The molecule has 2 aliphatic carbocycles. The molecule has 0 amide bonds. The Kier molecular flexibility index (Phi) is 9.80. The molecule has 2 aromatic carbocycles. The monoisotopic (exact) mass is 881 g/mol. The third kappa shape index (κ3) is 6.04. The van der Waals surface area contributed by atoms with E-state index < -0.39 is 46.5 Å². The number of carboxylic acids is 2. The Hall–Kier alpha value is -1.91. The molecule has 8 fully saturated rings. The molecule has 10 rings (SSSR count). The predicted octanol–water partition coefficient (Wildman–Crippen LogP) is 3.31. The molecule has 0 spiro atoms. The van der Waals surface area contributed by atoms with Crippen molar-refractivity contribution in [1.82, 2.24) is 20.9 Å². The quantitative estimate of drug-likeness (QED) is 0.0514. The van der Waals surface area contributed by atoms with Crippen LogP contribution in [-0.4, -0.2) is 110 Å². The first-order valence-electron chi connectivity index (χ1n) is 21.0. The molecule has 6 saturated heterocycles. The Bertz CT molecular complexity index is 1800. The van der Waals surface area contributed by atoms with Crippen LogP contribution >= 0.6 is 19.8 Å². The molecule has 6 unspecified atom stereocenters. The number of carboxylic acid groups (broad SMARTS) is 2. The Morgan fingerprint density at radius 3 is 2.05 bits per heavy atom. The number of fused-ring (bicyclic) bond motifs is 4. The molecule has 55 heavy (non-hydrogen) atoms. The van der Waals surface area contributed by atoms with E-state index in [4.69, 9.17) is 0 Å². The number of aliphatic hydroxyl groups excluding tert-OH is 1. The van der Waals surface area contributed by atoms with E-state index in [2.05, 4.69) is 69.4 Å². The molecule has 0 bridgehead atoms. The summed E-state index contributed by atoms with van der Waals surface area (Å²) in [5.74, 6) is -1.20. The number of nitrogens with zero attached hydrogens (tertiary/aromatic N) is 1. The van der Waals surface area contributed by atoms with Gasteiger partial charge in [-0.1, -0.05) is 0 Å². The van der Waals surface area contributed by atoms with Gasteiger partial charge in [-0.15, -0.1) is 0 Å². The van der Waals surface area contributed by atoms with Crippen LogP contribution in [0.15, 0.2) is 48.5 Å². The van der Waals surface area contributed by atoms with E-state index in [0.29, 0.717) is 28.7 Å². The molecule has 12 atom stereocenters. The number of nitrogens with one attached hydrogen (secondary N) is 3. The zero-order valence-electron chi connectivity index (χ0n) is 31.7. The van der Waals surface area contributed by atoms with Crippen LogP contribution in [0.4, 0.5) is 0 Å². The molecular weight excluding hydrogens is 823 g/mol. The fraction of sp³-hybridized carbons (Fsp3) is 0.674. The zero-order chi connectivity index (χ0) is 37.6. The summed E-state index contributed by atoms with van der Waals surface area (Å²) in [5, 5.41) is 51.7. The summed E-state index contributed by atoms with van der Waals surface area (Å²) in [6.07, 6.45) is 5.68. The predicted molar refractivity (Wildman–Crippen MR) is 220 cm³/mol. The van der Waals surface area contributed by atoms with Gasteiger partial charge in [-0.3, -0.25) is 0 Å². The van der Waals surface area contributed by atoms with E-state index in [1.165, 1.54) is 23.1 Å². The van der Waals surface area contributed by atoms with Gasteiger partial charge in [-0.25, -0.2) is 0 Å². The fourth-order valence-electron chi connectivity index (χ4n) is 13.7. The van der Waals surface area contributed by atoms with Crippen LogP contribution in [0.1, 0.15) is 54.4 Å². The SMILES string of the molecule is O=C(O)[C@@H](Cc1cccc(CN(Cc2cccc(C[Si](C(O)O)[C@H]3CCNC3)c2)CC23C4CC2[C@@]2(C[C@H](C(=O)O)[C@H]5CCNC5)C5C4I5C32)c1)[C@H]1CCNC1. The Morgan fingerprint density at radius 1 is 0.818 bits per heavy atom. The van der Waals surface area contributed by atoms with Crippen LogP contribution in [0.5, 0.6) is 0 Å². The van der Waals surface area contributed by atoms with Crippen molar-refractivity contribution in [2.24, 2.45) is 46.3 Å². The van der Waals surface area contributed by atoms with Crippen molar-refractivity contribution in [3.8, 4) is 0 Å². The minimum atomic E-state index is -1.42. The summed E-state index contributed by atoms with van der Waals surface area (Å²) in [6.45, 7) is 7.94. The second kappa shape index (κ2) is 14.4. The van der Waals surface area contributed by atoms with Gasteiger partial charge >= 0.3 is 312 Å². The van der Waals surface area contributed by atoms with Gasteiger partial charge in [0.15, 0.2) is 0 Å². The Morgan fingerprint density at radius 2 is 1.44 bits per heavy atom. The number of carbonyl (C=O) groups is 2. The first-order chi connectivity index (χ1) is 26.7. The van der Waals surface area contributed by atoms with Crippen LogP contribution in [0.2, 0.25) is 5.54 Å². The van der Waals surface area contributed by atoms with E-state index in [-0.39, 0.29) is 23.7 Å². The normalized spacial score (nSPS) is 37.8. The summed E-state index contributed by atoms with van der Waals surface area (Å²) in [5.41, 5.74) is 5.79. The molecule has 1 radical (unpaired) electrons. The first-order valence-corrected chi connectivity index (χ1v) is 26.6. The second-order valence-corrected chi connectivity index (χ2v) is 27.6. The van der Waals surface area contributed by atoms with Crippen LogP contribution in [0, 0.1) is 46.3 Å². The van der Waals surface area contributed by atoms with E-state index in [0.717, 1.165) is 114 Å². The average Bonchev–Trinajstić information content (AvgIpc) is 3.76. The molecule has 297 valence electrons. The van der Waals surface area contributed by atoms with Crippen molar-refractivity contribution in [1.29, 1.82) is 0 Å². The summed E-state index contributed by atoms with van der Waals surface area (Å²) in [6, 6.07) is 18.3. The molecule has 2 saturated carbocycles. The van der Waals surface area contributed by atoms with Gasteiger partial charge in [0.1, 0.15) is 0 Å². The molecule has 12 heteroatoms. The number of aliphatic carboxylic acids is 2. The number of hydrogen-bond donors (Lipinski definition) is 7. The van der Waals surface area contributed by atoms with Crippen molar-refractivity contribution in [2.75, 3.05) is 45.8 Å². The van der Waals surface area contributed by atoms with Gasteiger partial charge in [0.05, 0.1) is 0 Å². The molecule has 0 aromatic heterocycles. The summed E-state index contributed by atoms with van der Waals surface area (Å²) >= 11 is -1.04. The maximum atomic E-state index is 12.8. The van der Waals surface area contributed by atoms with Crippen LogP contribution in [0.3, 0.4) is 0 Å². The zero-order valence-corrected chi connectivity index (χ0v) is 34.9. The van der Waals surface area contributed by atoms with Gasteiger partial charge in [-0.05, 0) is 13.1 Å². The number of benzene rings is 2. The van der Waals surface area contributed by atoms with Crippen molar-refractivity contribution < 1.29 is 30.0 Å². The molecule has 2 aromatic rings. The summed E-state index contributed by atoms with van der Waals surface area (Å²) in [7, 11) is -1.42. The van der Waals surface area contributed by atoms with Gasteiger partial charge in [0.25, 0.3) is 0 Å². The molecule has 8 aliphatic rings. The van der Waals surface area contributed by atoms with Crippen LogP contribution < -0.4 is 16.0 Å². The van der Waals surface area contributed by atoms with Gasteiger partial charge in [0, 0.05) is 0 Å². The van der Waals surface area contributed by atoms with Crippen molar-refractivity contribution >= 4 is 40.6 Å². The van der Waals surface area contributed by atoms with Gasteiger partial charge < -0.3 is 10.6 Å².